The van der Waals surface area contributed by atoms with Crippen LogP contribution < -0.4 is 5.32 Å². The summed E-state index contributed by atoms with van der Waals surface area (Å²) in [6.45, 7) is 0. The number of hydrogen-bond donors (Lipinski definition) is 1. The SMILES string of the molecule is N#CC1(Nc2cccc(Br)c2)CCC2(CC1)C(Br)=Cc1ccccc12. The van der Waals surface area contributed by atoms with Crippen LogP contribution in [0.5, 0.6) is 0 Å². The van der Waals surface area contributed by atoms with E-state index in [4.69, 9.17) is 0 Å². The number of fused-ring (bicyclic) bond motifs is 2. The fourth-order valence-electron chi connectivity index (χ4n) is 4.18. The van der Waals surface area contributed by atoms with Crippen LogP contribution >= 0.6 is 31.9 Å². The van der Waals surface area contributed by atoms with Gasteiger partial charge in [0.2, 0.25) is 0 Å². The molecule has 4 heteroatoms. The van der Waals surface area contributed by atoms with E-state index in [1.54, 1.807) is 0 Å². The van der Waals surface area contributed by atoms with Crippen molar-refractivity contribution >= 4 is 43.6 Å². The Kier molecular flexibility index (Phi) is 4.25. The second-order valence-corrected chi connectivity index (χ2v) is 8.76. The van der Waals surface area contributed by atoms with Crippen molar-refractivity contribution in [3.05, 3.63) is 68.6 Å². The molecule has 0 saturated heterocycles. The van der Waals surface area contributed by atoms with Crippen molar-refractivity contribution in [3.63, 3.8) is 0 Å². The van der Waals surface area contributed by atoms with Crippen molar-refractivity contribution < 1.29 is 0 Å². The van der Waals surface area contributed by atoms with Crippen molar-refractivity contribution in [2.75, 3.05) is 5.32 Å². The first-order valence-corrected chi connectivity index (χ1v) is 10.1. The van der Waals surface area contributed by atoms with Crippen molar-refractivity contribution in [3.8, 4) is 6.07 Å². The van der Waals surface area contributed by atoms with E-state index >= 15 is 0 Å². The van der Waals surface area contributed by atoms with Gasteiger partial charge < -0.3 is 5.32 Å². The van der Waals surface area contributed by atoms with E-state index in [1.165, 1.54) is 15.6 Å². The molecule has 0 radical (unpaired) electrons. The molecular weight excluding hydrogens is 440 g/mol. The highest BCUT2D eigenvalue weighted by Gasteiger charge is 2.48. The van der Waals surface area contributed by atoms with Crippen molar-refractivity contribution in [1.82, 2.24) is 0 Å². The minimum atomic E-state index is -0.503. The lowest BCUT2D eigenvalue weighted by Crippen LogP contribution is -2.45. The first-order chi connectivity index (χ1) is 12.1. The molecular formula is C21H18Br2N2. The average Bonchev–Trinajstić information content (AvgIpc) is 2.89. The van der Waals surface area contributed by atoms with E-state index in [9.17, 15) is 5.26 Å². The molecule has 0 heterocycles. The third-order valence-electron chi connectivity index (χ3n) is 5.60. The topological polar surface area (TPSA) is 35.8 Å². The number of halogens is 2. The molecule has 0 amide bonds. The third-order valence-corrected chi connectivity index (χ3v) is 7.08. The minimum absolute atomic E-state index is 0.0376. The van der Waals surface area contributed by atoms with Crippen LogP contribution in [-0.4, -0.2) is 5.54 Å². The zero-order chi connectivity index (χ0) is 17.5. The number of nitriles is 1. The van der Waals surface area contributed by atoms with Gasteiger partial charge in [0.1, 0.15) is 5.54 Å². The largest absolute Gasteiger partial charge is 0.367 e. The molecule has 2 aromatic carbocycles. The van der Waals surface area contributed by atoms with Crippen LogP contribution in [0.3, 0.4) is 0 Å². The Morgan fingerprint density at radius 1 is 0.960 bits per heavy atom. The van der Waals surface area contributed by atoms with E-state index in [0.29, 0.717) is 0 Å². The highest BCUT2D eigenvalue weighted by atomic mass is 79.9. The number of hydrogen-bond acceptors (Lipinski definition) is 2. The predicted molar refractivity (Wildman–Crippen MR) is 110 cm³/mol. The number of benzene rings is 2. The highest BCUT2D eigenvalue weighted by molar-refractivity contribution is 9.12. The van der Waals surface area contributed by atoms with Crippen molar-refractivity contribution in [2.24, 2.45) is 0 Å². The number of rotatable bonds is 2. The summed E-state index contributed by atoms with van der Waals surface area (Å²) in [7, 11) is 0. The Morgan fingerprint density at radius 2 is 1.72 bits per heavy atom. The summed E-state index contributed by atoms with van der Waals surface area (Å²) in [4.78, 5) is 0. The number of anilines is 1. The Labute approximate surface area is 165 Å². The summed E-state index contributed by atoms with van der Waals surface area (Å²) in [6.07, 6.45) is 5.84. The molecule has 1 saturated carbocycles. The molecule has 1 fully saturated rings. The first-order valence-electron chi connectivity index (χ1n) is 8.49. The molecule has 0 atom stereocenters. The lowest BCUT2D eigenvalue weighted by atomic mass is 9.65. The highest BCUT2D eigenvalue weighted by Crippen LogP contribution is 2.55. The molecule has 2 aliphatic rings. The molecule has 2 nitrogen and oxygen atoms in total. The number of nitrogens with one attached hydrogen (secondary N) is 1. The van der Waals surface area contributed by atoms with Crippen LogP contribution in [0.1, 0.15) is 36.8 Å². The Hall–Kier alpha value is -1.57. The van der Waals surface area contributed by atoms with Gasteiger partial charge in [0.15, 0.2) is 0 Å². The summed E-state index contributed by atoms with van der Waals surface area (Å²) >= 11 is 7.33. The Bertz CT molecular complexity index is 887. The standard InChI is InChI=1S/C21H18Br2N2/c22-16-5-3-6-17(13-16)25-20(14-24)8-10-21(11-9-20)18-7-2-1-4-15(18)12-19(21)23/h1-7,12-13,25H,8-11H2. The number of allylic oxidation sites excluding steroid dienone is 1. The van der Waals surface area contributed by atoms with Crippen molar-refractivity contribution in [2.45, 2.75) is 36.6 Å². The summed E-state index contributed by atoms with van der Waals surface area (Å²) in [6, 6.07) is 19.2. The van der Waals surface area contributed by atoms with Gasteiger partial charge in [-0.25, -0.2) is 0 Å². The molecule has 0 aromatic heterocycles. The fraction of sp³-hybridized carbons (Fsp3) is 0.286. The molecule has 0 unspecified atom stereocenters. The van der Waals surface area contributed by atoms with Gasteiger partial charge in [0, 0.05) is 20.1 Å². The summed E-state index contributed by atoms with van der Waals surface area (Å²) in [5.74, 6) is 0. The average molecular weight is 458 g/mol. The Morgan fingerprint density at radius 3 is 2.44 bits per heavy atom. The maximum atomic E-state index is 9.91. The molecule has 2 aromatic rings. The van der Waals surface area contributed by atoms with Crippen molar-refractivity contribution in [1.29, 1.82) is 5.26 Å². The van der Waals surface area contributed by atoms with Gasteiger partial charge in [-0.2, -0.15) is 5.26 Å². The zero-order valence-corrected chi connectivity index (χ0v) is 16.9. The van der Waals surface area contributed by atoms with E-state index in [1.807, 2.05) is 24.3 Å². The number of nitrogens with zero attached hydrogens (tertiary/aromatic N) is 1. The van der Waals surface area contributed by atoms with E-state index < -0.39 is 5.54 Å². The second kappa shape index (κ2) is 6.30. The molecule has 0 aliphatic heterocycles. The molecule has 0 bridgehead atoms. The molecule has 126 valence electrons. The van der Waals surface area contributed by atoms with Crippen LogP contribution in [-0.2, 0) is 5.41 Å². The fourth-order valence-corrected chi connectivity index (χ4v) is 5.44. The second-order valence-electron chi connectivity index (χ2n) is 6.99. The van der Waals surface area contributed by atoms with Gasteiger partial charge in [0.05, 0.1) is 6.07 Å². The normalized spacial score (nSPS) is 27.5. The predicted octanol–water partition coefficient (Wildman–Crippen LogP) is 6.38. The van der Waals surface area contributed by atoms with Crippen LogP contribution in [0.15, 0.2) is 57.5 Å². The quantitative estimate of drug-likeness (QED) is 0.567. The molecule has 1 N–H and O–H groups in total. The smallest absolute Gasteiger partial charge is 0.125 e. The third kappa shape index (κ3) is 2.84. The first kappa shape index (κ1) is 16.9. The maximum absolute atomic E-state index is 9.91. The van der Waals surface area contributed by atoms with Crippen LogP contribution in [0.2, 0.25) is 0 Å². The molecule has 2 aliphatic carbocycles. The zero-order valence-electron chi connectivity index (χ0n) is 13.7. The van der Waals surface area contributed by atoms with Crippen LogP contribution in [0, 0.1) is 11.3 Å². The maximum Gasteiger partial charge on any atom is 0.125 e. The monoisotopic (exact) mass is 456 g/mol. The lowest BCUT2D eigenvalue weighted by Gasteiger charge is -2.43. The Balaban J connectivity index is 1.60. The summed E-state index contributed by atoms with van der Waals surface area (Å²) in [5.41, 5.74) is 3.23. The van der Waals surface area contributed by atoms with Gasteiger partial charge in [-0.15, -0.1) is 0 Å². The van der Waals surface area contributed by atoms with Crippen LogP contribution in [0.25, 0.3) is 6.08 Å². The van der Waals surface area contributed by atoms with Gasteiger partial charge in [-0.05, 0) is 61.1 Å². The molecule has 25 heavy (non-hydrogen) atoms. The summed E-state index contributed by atoms with van der Waals surface area (Å²) in [5, 5.41) is 13.4. The minimum Gasteiger partial charge on any atom is -0.367 e. The van der Waals surface area contributed by atoms with E-state index in [2.05, 4.69) is 73.6 Å². The van der Waals surface area contributed by atoms with Gasteiger partial charge in [-0.3, -0.25) is 0 Å². The molecule has 1 spiro atoms. The van der Waals surface area contributed by atoms with Gasteiger partial charge in [0.25, 0.3) is 0 Å². The summed E-state index contributed by atoms with van der Waals surface area (Å²) < 4.78 is 2.28. The van der Waals surface area contributed by atoms with Gasteiger partial charge >= 0.3 is 0 Å². The van der Waals surface area contributed by atoms with E-state index in [0.717, 1.165) is 35.8 Å². The lowest BCUT2D eigenvalue weighted by molar-refractivity contribution is 0.295. The molecule has 4 rings (SSSR count). The van der Waals surface area contributed by atoms with Gasteiger partial charge in [-0.1, -0.05) is 62.2 Å². The van der Waals surface area contributed by atoms with Crippen LogP contribution in [0.4, 0.5) is 5.69 Å². The van der Waals surface area contributed by atoms with E-state index in [-0.39, 0.29) is 5.41 Å².